The van der Waals surface area contributed by atoms with E-state index in [1.165, 1.54) is 0 Å². The molecule has 2 nitrogen and oxygen atoms in total. The zero-order chi connectivity index (χ0) is 12.1. The van der Waals surface area contributed by atoms with Gasteiger partial charge in [-0.15, -0.1) is 0 Å². The van der Waals surface area contributed by atoms with Crippen molar-refractivity contribution in [1.29, 1.82) is 0 Å². The van der Waals surface area contributed by atoms with E-state index in [4.69, 9.17) is 0 Å². The summed E-state index contributed by atoms with van der Waals surface area (Å²) in [6.45, 7) is 7.80. The van der Waals surface area contributed by atoms with Gasteiger partial charge in [-0.2, -0.15) is 13.2 Å². The molecule has 0 aliphatic rings. The Kier molecular flexibility index (Phi) is 5.39. The second-order valence-corrected chi connectivity index (χ2v) is 3.27. The molecule has 0 aromatic carbocycles. The van der Waals surface area contributed by atoms with Gasteiger partial charge in [0, 0.05) is 12.5 Å². The molecule has 0 aliphatic heterocycles. The van der Waals surface area contributed by atoms with E-state index >= 15 is 0 Å². The van der Waals surface area contributed by atoms with Crippen molar-refractivity contribution in [2.75, 3.05) is 0 Å². The van der Waals surface area contributed by atoms with Crippen LogP contribution in [0.25, 0.3) is 0 Å². The summed E-state index contributed by atoms with van der Waals surface area (Å²) in [4.78, 5) is 0. The van der Waals surface area contributed by atoms with Gasteiger partial charge < -0.3 is 4.52 Å². The van der Waals surface area contributed by atoms with Gasteiger partial charge in [-0.05, 0) is 5.92 Å². The summed E-state index contributed by atoms with van der Waals surface area (Å²) in [7, 11) is 0. The van der Waals surface area contributed by atoms with Crippen molar-refractivity contribution >= 4 is 0 Å². The molecule has 88 valence electrons. The molecule has 0 aliphatic carbocycles. The van der Waals surface area contributed by atoms with E-state index in [2.05, 4.69) is 9.68 Å². The Hall–Kier alpha value is -1.00. The van der Waals surface area contributed by atoms with Crippen molar-refractivity contribution in [3.63, 3.8) is 0 Å². The maximum Gasteiger partial charge on any atom is 0.436 e. The van der Waals surface area contributed by atoms with Crippen LogP contribution in [0.15, 0.2) is 10.6 Å². The number of alkyl halides is 3. The molecule has 1 aromatic rings. The van der Waals surface area contributed by atoms with E-state index in [9.17, 15) is 13.2 Å². The molecule has 0 N–H and O–H groups in total. The van der Waals surface area contributed by atoms with Crippen LogP contribution in [0.1, 0.15) is 39.1 Å². The predicted octanol–water partition coefficient (Wildman–Crippen LogP) is 3.92. The van der Waals surface area contributed by atoms with Crippen molar-refractivity contribution < 1.29 is 17.7 Å². The molecule has 1 rings (SSSR count). The molecule has 0 fully saturated rings. The first kappa shape index (κ1) is 14.0. The molecule has 0 saturated heterocycles. The van der Waals surface area contributed by atoms with Gasteiger partial charge in [0.05, 0.1) is 0 Å². The summed E-state index contributed by atoms with van der Waals surface area (Å²) in [6.07, 6.45) is -3.93. The lowest BCUT2D eigenvalue weighted by molar-refractivity contribution is -0.142. The first-order valence-electron chi connectivity index (χ1n) is 4.92. The van der Waals surface area contributed by atoms with Crippen LogP contribution in [0, 0.1) is 5.92 Å². The molecule has 0 bridgehead atoms. The van der Waals surface area contributed by atoms with Gasteiger partial charge in [0.2, 0.25) is 0 Å². The zero-order valence-corrected chi connectivity index (χ0v) is 9.35. The third-order valence-corrected chi connectivity index (χ3v) is 1.46. The molecule has 0 spiro atoms. The Labute approximate surface area is 87.5 Å². The minimum Gasteiger partial charge on any atom is -0.361 e. The largest absolute Gasteiger partial charge is 0.436 e. The summed E-state index contributed by atoms with van der Waals surface area (Å²) in [5.41, 5.74) is -0.955. The minimum atomic E-state index is -4.40. The molecule has 0 saturated carbocycles. The summed E-state index contributed by atoms with van der Waals surface area (Å²) in [6, 6.07) is 0.944. The summed E-state index contributed by atoms with van der Waals surface area (Å²) < 4.78 is 40.6. The maximum atomic E-state index is 12.0. The number of hydrogen-bond acceptors (Lipinski definition) is 2. The van der Waals surface area contributed by atoms with E-state index in [0.717, 1.165) is 6.07 Å². The average molecular weight is 223 g/mol. The van der Waals surface area contributed by atoms with Gasteiger partial charge >= 0.3 is 6.18 Å². The topological polar surface area (TPSA) is 26.0 Å². The van der Waals surface area contributed by atoms with Crippen molar-refractivity contribution in [2.45, 2.75) is 40.3 Å². The number of hydrogen-bond donors (Lipinski definition) is 0. The van der Waals surface area contributed by atoms with Crippen molar-refractivity contribution in [3.05, 3.63) is 17.5 Å². The van der Waals surface area contributed by atoms with Gasteiger partial charge in [0.1, 0.15) is 5.76 Å². The average Bonchev–Trinajstić information content (AvgIpc) is 2.54. The van der Waals surface area contributed by atoms with Crippen molar-refractivity contribution in [2.24, 2.45) is 5.92 Å². The lowest BCUT2D eigenvalue weighted by Crippen LogP contribution is -2.04. The Bertz CT molecular complexity index is 278. The fourth-order valence-corrected chi connectivity index (χ4v) is 0.945. The molecule has 15 heavy (non-hydrogen) atoms. The first-order valence-corrected chi connectivity index (χ1v) is 4.92. The third-order valence-electron chi connectivity index (χ3n) is 1.46. The highest BCUT2D eigenvalue weighted by Crippen LogP contribution is 2.28. The minimum absolute atomic E-state index is 0.258. The van der Waals surface area contributed by atoms with Crippen LogP contribution in [0.5, 0.6) is 0 Å². The highest BCUT2D eigenvalue weighted by molar-refractivity contribution is 5.08. The molecular formula is C10H16F3NO. The Balaban J connectivity index is 0.000000921. The summed E-state index contributed by atoms with van der Waals surface area (Å²) in [5, 5.41) is 2.94. The van der Waals surface area contributed by atoms with E-state index in [-0.39, 0.29) is 11.7 Å². The second kappa shape index (κ2) is 5.78. The fraction of sp³-hybridized carbons (Fsp3) is 0.700. The molecule has 0 radical (unpaired) electrons. The van der Waals surface area contributed by atoms with E-state index < -0.39 is 11.9 Å². The standard InChI is InChI=1S/C8H10F3NO.C2H6/c1-5(2)3-6-4-7(12-13-6)8(9,10)11;1-2/h4-5H,3H2,1-2H3;1-2H3. The van der Waals surface area contributed by atoms with Gasteiger partial charge in [-0.1, -0.05) is 32.9 Å². The van der Waals surface area contributed by atoms with Crippen LogP contribution in [0.3, 0.4) is 0 Å². The van der Waals surface area contributed by atoms with Crippen molar-refractivity contribution in [1.82, 2.24) is 5.16 Å². The Morgan fingerprint density at radius 3 is 2.20 bits per heavy atom. The monoisotopic (exact) mass is 223 g/mol. The smallest absolute Gasteiger partial charge is 0.361 e. The number of halogens is 3. The Morgan fingerprint density at radius 2 is 1.87 bits per heavy atom. The summed E-state index contributed by atoms with van der Waals surface area (Å²) >= 11 is 0. The van der Waals surface area contributed by atoms with E-state index in [1.807, 2.05) is 27.7 Å². The zero-order valence-electron chi connectivity index (χ0n) is 9.35. The highest BCUT2D eigenvalue weighted by Gasteiger charge is 2.34. The normalized spacial score (nSPS) is 11.2. The number of rotatable bonds is 2. The lowest BCUT2D eigenvalue weighted by Gasteiger charge is -1.98. The first-order chi connectivity index (χ1) is 6.89. The number of aromatic nitrogens is 1. The van der Waals surface area contributed by atoms with Gasteiger partial charge in [0.25, 0.3) is 0 Å². The molecule has 5 heteroatoms. The van der Waals surface area contributed by atoms with E-state index in [1.54, 1.807) is 0 Å². The Morgan fingerprint density at radius 1 is 1.33 bits per heavy atom. The predicted molar refractivity (Wildman–Crippen MR) is 51.4 cm³/mol. The SMILES string of the molecule is CC.CC(C)Cc1cc(C(F)(F)F)no1. The fourth-order valence-electron chi connectivity index (χ4n) is 0.945. The van der Waals surface area contributed by atoms with Crippen LogP contribution in [-0.4, -0.2) is 5.16 Å². The van der Waals surface area contributed by atoms with E-state index in [0.29, 0.717) is 6.42 Å². The van der Waals surface area contributed by atoms with Crippen LogP contribution in [0.2, 0.25) is 0 Å². The van der Waals surface area contributed by atoms with Crippen LogP contribution in [-0.2, 0) is 12.6 Å². The number of nitrogens with zero attached hydrogens (tertiary/aromatic N) is 1. The van der Waals surface area contributed by atoms with Crippen LogP contribution < -0.4 is 0 Å². The van der Waals surface area contributed by atoms with Gasteiger partial charge in [-0.25, -0.2) is 0 Å². The van der Waals surface area contributed by atoms with Gasteiger partial charge in [-0.3, -0.25) is 0 Å². The molecular weight excluding hydrogens is 207 g/mol. The molecule has 1 heterocycles. The van der Waals surface area contributed by atoms with Crippen LogP contribution in [0.4, 0.5) is 13.2 Å². The maximum absolute atomic E-state index is 12.0. The third kappa shape index (κ3) is 4.85. The second-order valence-electron chi connectivity index (χ2n) is 3.27. The molecule has 0 atom stereocenters. The lowest BCUT2D eigenvalue weighted by atomic mass is 10.1. The van der Waals surface area contributed by atoms with Crippen LogP contribution >= 0.6 is 0 Å². The quantitative estimate of drug-likeness (QED) is 0.759. The molecule has 1 aromatic heterocycles. The summed E-state index contributed by atoms with van der Waals surface area (Å²) in [5.74, 6) is 0.538. The molecule has 0 unspecified atom stereocenters. The highest BCUT2D eigenvalue weighted by atomic mass is 19.4. The van der Waals surface area contributed by atoms with Gasteiger partial charge in [0.15, 0.2) is 5.69 Å². The van der Waals surface area contributed by atoms with Crippen molar-refractivity contribution in [3.8, 4) is 0 Å². The molecule has 0 amide bonds.